The number of anilines is 2. The minimum atomic E-state index is -0.0508. The molecule has 1 aliphatic carbocycles. The molecule has 0 radical (unpaired) electrons. The largest absolute Gasteiger partial charge is 0.397 e. The number of carbonyl (C=O) groups excluding carboxylic acids is 1. The summed E-state index contributed by atoms with van der Waals surface area (Å²) in [5.74, 6) is 1.45. The number of benzene rings is 1. The lowest BCUT2D eigenvalue weighted by molar-refractivity contribution is -0.118. The van der Waals surface area contributed by atoms with Gasteiger partial charge in [0.2, 0.25) is 5.91 Å². The van der Waals surface area contributed by atoms with Crippen LogP contribution in [0.1, 0.15) is 39.5 Å². The standard InChI is InChI=1S/C17H26N2O2/c1-12-7-8-14(11-13(12)2)21-10-9-17(20)19-16-6-4-3-5-15(16)18/h3-6,12-14H,7-11,18H2,1-2H3,(H,19,20). The van der Waals surface area contributed by atoms with Crippen molar-refractivity contribution in [3.63, 3.8) is 0 Å². The van der Waals surface area contributed by atoms with Crippen LogP contribution in [0, 0.1) is 11.8 Å². The molecule has 4 nitrogen and oxygen atoms in total. The third-order valence-electron chi connectivity index (χ3n) is 4.47. The van der Waals surface area contributed by atoms with Crippen LogP contribution in [0.15, 0.2) is 24.3 Å². The molecule has 0 heterocycles. The van der Waals surface area contributed by atoms with Crippen LogP contribution in [-0.2, 0) is 9.53 Å². The van der Waals surface area contributed by atoms with Crippen LogP contribution in [0.2, 0.25) is 0 Å². The predicted molar refractivity (Wildman–Crippen MR) is 86.0 cm³/mol. The smallest absolute Gasteiger partial charge is 0.226 e. The number of nitrogens with one attached hydrogen (secondary N) is 1. The van der Waals surface area contributed by atoms with Crippen LogP contribution in [0.4, 0.5) is 11.4 Å². The average Bonchev–Trinajstić information content (AvgIpc) is 2.45. The molecule has 0 saturated heterocycles. The third kappa shape index (κ3) is 4.74. The summed E-state index contributed by atoms with van der Waals surface area (Å²) in [6.45, 7) is 5.06. The number of hydrogen-bond acceptors (Lipinski definition) is 3. The van der Waals surface area contributed by atoms with E-state index in [1.807, 2.05) is 12.1 Å². The van der Waals surface area contributed by atoms with Gasteiger partial charge in [0.05, 0.1) is 30.5 Å². The maximum atomic E-state index is 11.9. The topological polar surface area (TPSA) is 64.3 Å². The van der Waals surface area contributed by atoms with Crippen LogP contribution in [0.3, 0.4) is 0 Å². The molecule has 1 aromatic rings. The number of nitrogen functional groups attached to an aromatic ring is 1. The van der Waals surface area contributed by atoms with E-state index in [0.717, 1.165) is 18.8 Å². The van der Waals surface area contributed by atoms with Gasteiger partial charge in [-0.05, 0) is 43.2 Å². The fourth-order valence-electron chi connectivity index (χ4n) is 2.79. The molecule has 0 aliphatic heterocycles. The summed E-state index contributed by atoms with van der Waals surface area (Å²) in [6.07, 6.45) is 4.12. The molecule has 1 fully saturated rings. The summed E-state index contributed by atoms with van der Waals surface area (Å²) in [5, 5.41) is 2.82. The number of hydrogen-bond donors (Lipinski definition) is 2. The molecule has 1 aliphatic rings. The van der Waals surface area contributed by atoms with Crippen molar-refractivity contribution in [2.45, 2.75) is 45.6 Å². The van der Waals surface area contributed by atoms with Crippen LogP contribution in [-0.4, -0.2) is 18.6 Å². The Balaban J connectivity index is 1.69. The highest BCUT2D eigenvalue weighted by Crippen LogP contribution is 2.30. The first kappa shape index (κ1) is 15.8. The van der Waals surface area contributed by atoms with E-state index in [0.29, 0.717) is 36.4 Å². The van der Waals surface area contributed by atoms with Crippen LogP contribution >= 0.6 is 0 Å². The normalized spacial score (nSPS) is 25.5. The van der Waals surface area contributed by atoms with Gasteiger partial charge < -0.3 is 15.8 Å². The van der Waals surface area contributed by atoms with Crippen molar-refractivity contribution in [3.8, 4) is 0 Å². The molecule has 3 atom stereocenters. The van der Waals surface area contributed by atoms with Gasteiger partial charge in [0.15, 0.2) is 0 Å². The fraction of sp³-hybridized carbons (Fsp3) is 0.588. The second-order valence-electron chi connectivity index (χ2n) is 6.15. The van der Waals surface area contributed by atoms with Crippen LogP contribution < -0.4 is 11.1 Å². The zero-order chi connectivity index (χ0) is 15.2. The van der Waals surface area contributed by atoms with Gasteiger partial charge in [-0.2, -0.15) is 0 Å². The average molecular weight is 290 g/mol. The Hall–Kier alpha value is -1.55. The van der Waals surface area contributed by atoms with E-state index in [9.17, 15) is 4.79 Å². The van der Waals surface area contributed by atoms with Gasteiger partial charge in [0.25, 0.3) is 0 Å². The summed E-state index contributed by atoms with van der Waals surface area (Å²) in [6, 6.07) is 7.28. The molecule has 0 spiro atoms. The molecule has 1 aromatic carbocycles. The number of nitrogens with two attached hydrogens (primary N) is 1. The molecule has 1 saturated carbocycles. The van der Waals surface area contributed by atoms with Gasteiger partial charge in [-0.3, -0.25) is 4.79 Å². The second kappa shape index (κ2) is 7.46. The Morgan fingerprint density at radius 2 is 2.05 bits per heavy atom. The first-order valence-corrected chi connectivity index (χ1v) is 7.82. The monoisotopic (exact) mass is 290 g/mol. The minimum Gasteiger partial charge on any atom is -0.397 e. The Morgan fingerprint density at radius 3 is 2.76 bits per heavy atom. The minimum absolute atomic E-state index is 0.0508. The lowest BCUT2D eigenvalue weighted by Gasteiger charge is -2.31. The molecule has 3 N–H and O–H groups in total. The van der Waals surface area contributed by atoms with Crippen molar-refractivity contribution in [2.75, 3.05) is 17.7 Å². The zero-order valence-electron chi connectivity index (χ0n) is 13.0. The lowest BCUT2D eigenvalue weighted by Crippen LogP contribution is -2.27. The van der Waals surface area contributed by atoms with E-state index in [1.165, 1.54) is 6.42 Å². The molecule has 0 aromatic heterocycles. The maximum absolute atomic E-state index is 11.9. The first-order valence-electron chi connectivity index (χ1n) is 7.82. The van der Waals surface area contributed by atoms with Crippen molar-refractivity contribution < 1.29 is 9.53 Å². The van der Waals surface area contributed by atoms with Crippen molar-refractivity contribution >= 4 is 17.3 Å². The summed E-state index contributed by atoms with van der Waals surface area (Å²) < 4.78 is 5.85. The van der Waals surface area contributed by atoms with E-state index < -0.39 is 0 Å². The Labute approximate surface area is 127 Å². The van der Waals surface area contributed by atoms with Crippen molar-refractivity contribution in [1.29, 1.82) is 0 Å². The lowest BCUT2D eigenvalue weighted by atomic mass is 9.80. The molecule has 4 heteroatoms. The van der Waals surface area contributed by atoms with Crippen LogP contribution in [0.5, 0.6) is 0 Å². The number of para-hydroxylation sites is 2. The SMILES string of the molecule is CC1CCC(OCCC(=O)Nc2ccccc2N)CC1C. The second-order valence-corrected chi connectivity index (χ2v) is 6.15. The molecule has 0 bridgehead atoms. The summed E-state index contributed by atoms with van der Waals surface area (Å²) >= 11 is 0. The van der Waals surface area contributed by atoms with Gasteiger partial charge in [0, 0.05) is 0 Å². The molecular weight excluding hydrogens is 264 g/mol. The van der Waals surface area contributed by atoms with E-state index in [-0.39, 0.29) is 5.91 Å². The zero-order valence-corrected chi connectivity index (χ0v) is 13.0. The van der Waals surface area contributed by atoms with E-state index >= 15 is 0 Å². The highest BCUT2D eigenvalue weighted by Gasteiger charge is 2.24. The first-order chi connectivity index (χ1) is 10.1. The fourth-order valence-corrected chi connectivity index (χ4v) is 2.79. The Bertz CT molecular complexity index is 476. The van der Waals surface area contributed by atoms with E-state index in [2.05, 4.69) is 19.2 Å². The van der Waals surface area contributed by atoms with Crippen molar-refractivity contribution in [1.82, 2.24) is 0 Å². The molecular formula is C17H26N2O2. The highest BCUT2D eigenvalue weighted by atomic mass is 16.5. The Kier molecular flexibility index (Phi) is 5.62. The van der Waals surface area contributed by atoms with Crippen molar-refractivity contribution in [2.24, 2.45) is 11.8 Å². The van der Waals surface area contributed by atoms with Gasteiger partial charge >= 0.3 is 0 Å². The number of rotatable bonds is 5. The highest BCUT2D eigenvalue weighted by molar-refractivity contribution is 5.93. The quantitative estimate of drug-likeness (QED) is 0.816. The van der Waals surface area contributed by atoms with Crippen molar-refractivity contribution in [3.05, 3.63) is 24.3 Å². The predicted octanol–water partition coefficient (Wildman–Crippen LogP) is 3.44. The molecule has 1 amide bonds. The third-order valence-corrected chi connectivity index (χ3v) is 4.47. The van der Waals surface area contributed by atoms with Gasteiger partial charge in [0.1, 0.15) is 0 Å². The van der Waals surface area contributed by atoms with Crippen LogP contribution in [0.25, 0.3) is 0 Å². The van der Waals surface area contributed by atoms with Gasteiger partial charge in [-0.15, -0.1) is 0 Å². The summed E-state index contributed by atoms with van der Waals surface area (Å²) in [4.78, 5) is 11.9. The molecule has 116 valence electrons. The Morgan fingerprint density at radius 1 is 1.29 bits per heavy atom. The van der Waals surface area contributed by atoms with E-state index in [4.69, 9.17) is 10.5 Å². The number of ether oxygens (including phenoxy) is 1. The molecule has 2 rings (SSSR count). The van der Waals surface area contributed by atoms with Gasteiger partial charge in [-0.25, -0.2) is 0 Å². The summed E-state index contributed by atoms with van der Waals surface area (Å²) in [5.41, 5.74) is 7.05. The maximum Gasteiger partial charge on any atom is 0.226 e. The number of amides is 1. The molecule has 21 heavy (non-hydrogen) atoms. The summed E-state index contributed by atoms with van der Waals surface area (Å²) in [7, 11) is 0. The van der Waals surface area contributed by atoms with E-state index in [1.54, 1.807) is 12.1 Å². The molecule has 3 unspecified atom stereocenters. The van der Waals surface area contributed by atoms with Gasteiger partial charge in [-0.1, -0.05) is 26.0 Å². The number of carbonyl (C=O) groups is 1.